The lowest BCUT2D eigenvalue weighted by Crippen LogP contribution is -2.36. The summed E-state index contributed by atoms with van der Waals surface area (Å²) in [6.07, 6.45) is 2.37. The molecule has 2 N–H and O–H groups in total. The molecule has 1 atom stereocenters. The van der Waals surface area contributed by atoms with Crippen LogP contribution in [0.4, 0.5) is 5.69 Å². The quantitative estimate of drug-likeness (QED) is 0.876. The predicted molar refractivity (Wildman–Crippen MR) is 92.7 cm³/mol. The van der Waals surface area contributed by atoms with Gasteiger partial charge in [0.2, 0.25) is 0 Å². The molecule has 2 aromatic carbocycles. The predicted octanol–water partition coefficient (Wildman–Crippen LogP) is 3.66. The van der Waals surface area contributed by atoms with Gasteiger partial charge in [0.25, 0.3) is 0 Å². The van der Waals surface area contributed by atoms with Gasteiger partial charge in [0.05, 0.1) is 0 Å². The monoisotopic (exact) mass is 296 g/mol. The normalized spacial score (nSPS) is 17.4. The lowest BCUT2D eigenvalue weighted by Gasteiger charge is -2.37. The van der Waals surface area contributed by atoms with E-state index in [1.165, 1.54) is 29.7 Å². The van der Waals surface area contributed by atoms with Crippen molar-refractivity contribution in [2.24, 2.45) is 5.73 Å². The number of nitrogens with two attached hydrogens (primary N) is 1. The molecule has 0 fully saturated rings. The van der Waals surface area contributed by atoms with Crippen molar-refractivity contribution in [2.45, 2.75) is 32.4 Å². The van der Waals surface area contributed by atoms with E-state index in [0.29, 0.717) is 11.0 Å². The number of para-hydroxylation sites is 1. The molecule has 108 valence electrons. The minimum absolute atomic E-state index is 0.462. The number of benzene rings is 2. The molecule has 1 aliphatic rings. The van der Waals surface area contributed by atoms with Gasteiger partial charge in [-0.1, -0.05) is 48.6 Å². The zero-order valence-electron chi connectivity index (χ0n) is 12.3. The van der Waals surface area contributed by atoms with Crippen molar-refractivity contribution in [2.75, 3.05) is 4.90 Å². The van der Waals surface area contributed by atoms with Crippen molar-refractivity contribution in [1.29, 1.82) is 0 Å². The summed E-state index contributed by atoms with van der Waals surface area (Å²) >= 11 is 5.08. The Bertz CT molecular complexity index is 666. The Morgan fingerprint density at radius 3 is 2.86 bits per heavy atom. The number of thiocarbonyl (C=S) groups is 1. The smallest absolute Gasteiger partial charge is 0.103 e. The molecular formula is C18H20N2S. The molecule has 2 aromatic rings. The number of hydrogen-bond acceptors (Lipinski definition) is 2. The summed E-state index contributed by atoms with van der Waals surface area (Å²) in [5.41, 5.74) is 10.7. The highest BCUT2D eigenvalue weighted by Gasteiger charge is 2.22. The number of nitrogens with zero attached hydrogens (tertiary/aromatic N) is 1. The molecule has 0 amide bonds. The lowest BCUT2D eigenvalue weighted by molar-refractivity contribution is 0.560. The van der Waals surface area contributed by atoms with E-state index in [1.807, 2.05) is 12.1 Å². The molecule has 0 saturated carbocycles. The summed E-state index contributed by atoms with van der Waals surface area (Å²) in [6, 6.07) is 17.5. The third kappa shape index (κ3) is 2.93. The van der Waals surface area contributed by atoms with Crippen molar-refractivity contribution < 1.29 is 0 Å². The van der Waals surface area contributed by atoms with E-state index in [0.717, 1.165) is 12.1 Å². The number of fused-ring (bicyclic) bond motifs is 1. The maximum Gasteiger partial charge on any atom is 0.103 e. The molecule has 0 aromatic heterocycles. The summed E-state index contributed by atoms with van der Waals surface area (Å²) < 4.78 is 0. The van der Waals surface area contributed by atoms with Crippen LogP contribution in [-0.4, -0.2) is 11.0 Å². The van der Waals surface area contributed by atoms with Crippen molar-refractivity contribution in [3.8, 4) is 0 Å². The van der Waals surface area contributed by atoms with Crippen molar-refractivity contribution in [1.82, 2.24) is 0 Å². The van der Waals surface area contributed by atoms with E-state index in [-0.39, 0.29) is 0 Å². The van der Waals surface area contributed by atoms with Gasteiger partial charge in [-0.2, -0.15) is 0 Å². The van der Waals surface area contributed by atoms with E-state index in [9.17, 15) is 0 Å². The van der Waals surface area contributed by atoms with Crippen LogP contribution in [0, 0.1) is 0 Å². The van der Waals surface area contributed by atoms with Crippen LogP contribution in [0.2, 0.25) is 0 Å². The summed E-state index contributed by atoms with van der Waals surface area (Å²) in [6.45, 7) is 3.20. The topological polar surface area (TPSA) is 29.3 Å². The van der Waals surface area contributed by atoms with Gasteiger partial charge in [0, 0.05) is 23.8 Å². The minimum atomic E-state index is 0.462. The standard InChI is InChI=1S/C18H20N2S/c1-13-9-10-15-6-2-3-8-17(15)20(13)12-14-5-4-7-16(11-14)18(19)21/h2-8,11,13H,9-10,12H2,1H3,(H2,19,21). The Hall–Kier alpha value is -1.87. The van der Waals surface area contributed by atoms with Crippen LogP contribution in [0.5, 0.6) is 0 Å². The van der Waals surface area contributed by atoms with Gasteiger partial charge < -0.3 is 10.6 Å². The molecule has 1 unspecified atom stereocenters. The molecule has 0 radical (unpaired) electrons. The Morgan fingerprint density at radius 2 is 2.05 bits per heavy atom. The first-order valence-corrected chi connectivity index (χ1v) is 7.79. The number of anilines is 1. The Kier molecular flexibility index (Phi) is 3.93. The Labute approximate surface area is 131 Å². The van der Waals surface area contributed by atoms with Gasteiger partial charge in [0.1, 0.15) is 4.99 Å². The fraction of sp³-hybridized carbons (Fsp3) is 0.278. The number of aryl methyl sites for hydroxylation is 1. The molecule has 0 saturated heterocycles. The molecule has 0 aliphatic carbocycles. The first-order valence-electron chi connectivity index (χ1n) is 7.38. The zero-order chi connectivity index (χ0) is 14.8. The fourth-order valence-electron chi connectivity index (χ4n) is 3.02. The highest BCUT2D eigenvalue weighted by atomic mass is 32.1. The van der Waals surface area contributed by atoms with Crippen molar-refractivity contribution >= 4 is 22.9 Å². The number of hydrogen-bond donors (Lipinski definition) is 1. The highest BCUT2D eigenvalue weighted by Crippen LogP contribution is 2.31. The molecule has 3 heteroatoms. The maximum atomic E-state index is 5.74. The van der Waals surface area contributed by atoms with Gasteiger partial charge in [-0.3, -0.25) is 0 Å². The van der Waals surface area contributed by atoms with E-state index >= 15 is 0 Å². The first kappa shape index (κ1) is 14.1. The lowest BCUT2D eigenvalue weighted by atomic mass is 9.96. The number of rotatable bonds is 3. The van der Waals surface area contributed by atoms with E-state index in [4.69, 9.17) is 18.0 Å². The second kappa shape index (κ2) is 5.86. The van der Waals surface area contributed by atoms with E-state index < -0.39 is 0 Å². The zero-order valence-corrected chi connectivity index (χ0v) is 13.1. The second-order valence-electron chi connectivity index (χ2n) is 5.71. The van der Waals surface area contributed by atoms with Crippen LogP contribution in [0.15, 0.2) is 48.5 Å². The highest BCUT2D eigenvalue weighted by molar-refractivity contribution is 7.80. The summed E-state index contributed by atoms with van der Waals surface area (Å²) in [7, 11) is 0. The first-order chi connectivity index (χ1) is 10.1. The van der Waals surface area contributed by atoms with Crippen LogP contribution in [0.3, 0.4) is 0 Å². The minimum Gasteiger partial charge on any atom is -0.389 e. The molecule has 0 spiro atoms. The third-order valence-electron chi connectivity index (χ3n) is 4.23. The van der Waals surface area contributed by atoms with E-state index in [1.54, 1.807) is 0 Å². The average Bonchev–Trinajstić information content (AvgIpc) is 2.50. The van der Waals surface area contributed by atoms with Crippen LogP contribution in [-0.2, 0) is 13.0 Å². The van der Waals surface area contributed by atoms with Crippen LogP contribution < -0.4 is 10.6 Å². The molecule has 3 rings (SSSR count). The molecule has 21 heavy (non-hydrogen) atoms. The van der Waals surface area contributed by atoms with Gasteiger partial charge >= 0.3 is 0 Å². The summed E-state index contributed by atoms with van der Waals surface area (Å²) in [4.78, 5) is 2.95. The van der Waals surface area contributed by atoms with Gasteiger partial charge in [0.15, 0.2) is 0 Å². The SMILES string of the molecule is CC1CCc2ccccc2N1Cc1cccc(C(N)=S)c1. The maximum absolute atomic E-state index is 5.74. The van der Waals surface area contributed by atoms with Gasteiger partial charge in [-0.25, -0.2) is 0 Å². The average molecular weight is 296 g/mol. The van der Waals surface area contributed by atoms with Crippen LogP contribution >= 0.6 is 12.2 Å². The van der Waals surface area contributed by atoms with Crippen LogP contribution in [0.25, 0.3) is 0 Å². The summed E-state index contributed by atoms with van der Waals surface area (Å²) in [5.74, 6) is 0. The van der Waals surface area contributed by atoms with Crippen molar-refractivity contribution in [3.63, 3.8) is 0 Å². The summed E-state index contributed by atoms with van der Waals surface area (Å²) in [5, 5.41) is 0. The molecule has 0 bridgehead atoms. The third-order valence-corrected chi connectivity index (χ3v) is 4.46. The molecular weight excluding hydrogens is 276 g/mol. The van der Waals surface area contributed by atoms with Gasteiger partial charge in [-0.15, -0.1) is 0 Å². The van der Waals surface area contributed by atoms with Gasteiger partial charge in [-0.05, 0) is 43.0 Å². The Balaban J connectivity index is 1.90. The Morgan fingerprint density at radius 1 is 1.24 bits per heavy atom. The molecule has 1 heterocycles. The molecule has 2 nitrogen and oxygen atoms in total. The second-order valence-corrected chi connectivity index (χ2v) is 6.15. The fourth-order valence-corrected chi connectivity index (χ4v) is 3.15. The largest absolute Gasteiger partial charge is 0.389 e. The molecule has 1 aliphatic heterocycles. The van der Waals surface area contributed by atoms with Crippen molar-refractivity contribution in [3.05, 3.63) is 65.2 Å². The van der Waals surface area contributed by atoms with Crippen LogP contribution in [0.1, 0.15) is 30.0 Å². The van der Waals surface area contributed by atoms with E-state index in [2.05, 4.69) is 48.2 Å².